The molecule has 1 amide bonds. The van der Waals surface area contributed by atoms with Crippen LogP contribution >= 0.6 is 11.8 Å². The van der Waals surface area contributed by atoms with E-state index in [0.717, 1.165) is 35.8 Å². The van der Waals surface area contributed by atoms with Crippen LogP contribution in [0.4, 0.5) is 0 Å². The van der Waals surface area contributed by atoms with Crippen LogP contribution in [0.1, 0.15) is 30.5 Å². The van der Waals surface area contributed by atoms with E-state index in [0.29, 0.717) is 37.2 Å². The fraction of sp³-hybridized carbons (Fsp3) is 0.500. The zero-order valence-corrected chi connectivity index (χ0v) is 15.5. The number of carbonyl (C=O) groups is 1. The Balaban J connectivity index is 1.34. The summed E-state index contributed by atoms with van der Waals surface area (Å²) >= 11 is 1.52. The van der Waals surface area contributed by atoms with Gasteiger partial charge < -0.3 is 18.9 Å². The highest BCUT2D eigenvalue weighted by Crippen LogP contribution is 2.34. The van der Waals surface area contributed by atoms with Gasteiger partial charge in [-0.3, -0.25) is 4.79 Å². The minimum absolute atomic E-state index is 0.130. The number of amides is 1. The van der Waals surface area contributed by atoms with E-state index in [1.807, 2.05) is 30.0 Å². The maximum absolute atomic E-state index is 12.6. The molecule has 3 heterocycles. The Labute approximate surface area is 156 Å². The van der Waals surface area contributed by atoms with Crippen LogP contribution in [-0.4, -0.2) is 53.0 Å². The van der Waals surface area contributed by atoms with Crippen molar-refractivity contribution in [3.8, 4) is 11.5 Å². The van der Waals surface area contributed by atoms with Gasteiger partial charge >= 0.3 is 0 Å². The number of aryl methyl sites for hydroxylation is 1. The number of aromatic nitrogens is 2. The number of hydrogen-bond donors (Lipinski definition) is 0. The fourth-order valence-electron chi connectivity index (χ4n) is 3.23. The summed E-state index contributed by atoms with van der Waals surface area (Å²) in [6.45, 7) is 4.37. The van der Waals surface area contributed by atoms with Crippen LogP contribution in [0.5, 0.6) is 11.5 Å². The summed E-state index contributed by atoms with van der Waals surface area (Å²) in [7, 11) is 0. The smallest absolute Gasteiger partial charge is 0.232 e. The summed E-state index contributed by atoms with van der Waals surface area (Å²) in [5.41, 5.74) is 0. The van der Waals surface area contributed by atoms with Gasteiger partial charge in [-0.05, 0) is 38.0 Å². The second-order valence-corrected chi connectivity index (χ2v) is 7.50. The predicted molar refractivity (Wildman–Crippen MR) is 95.7 cm³/mol. The van der Waals surface area contributed by atoms with Crippen molar-refractivity contribution in [2.75, 3.05) is 32.1 Å². The number of thioether (sulfide) groups is 1. The van der Waals surface area contributed by atoms with Gasteiger partial charge in [-0.1, -0.05) is 5.16 Å². The first-order valence-electron chi connectivity index (χ1n) is 8.79. The molecule has 0 unspecified atom stereocenters. The van der Waals surface area contributed by atoms with Crippen LogP contribution in [0.2, 0.25) is 0 Å². The summed E-state index contributed by atoms with van der Waals surface area (Å²) in [6, 6.07) is 5.80. The fourth-order valence-corrected chi connectivity index (χ4v) is 4.06. The summed E-state index contributed by atoms with van der Waals surface area (Å²) in [6.07, 6.45) is 1.92. The maximum Gasteiger partial charge on any atom is 0.232 e. The van der Waals surface area contributed by atoms with Crippen LogP contribution in [0.25, 0.3) is 0 Å². The van der Waals surface area contributed by atoms with E-state index in [1.54, 1.807) is 0 Å². The molecule has 1 atom stereocenters. The Kier molecular flexibility index (Phi) is 5.01. The van der Waals surface area contributed by atoms with Gasteiger partial charge in [0.15, 0.2) is 17.3 Å². The first kappa shape index (κ1) is 17.2. The van der Waals surface area contributed by atoms with Crippen molar-refractivity contribution >= 4 is 17.7 Å². The van der Waals surface area contributed by atoms with Gasteiger partial charge in [0.1, 0.15) is 13.2 Å². The van der Waals surface area contributed by atoms with Gasteiger partial charge in [0.05, 0.1) is 11.7 Å². The number of piperidine rings is 1. The Morgan fingerprint density at radius 3 is 2.96 bits per heavy atom. The number of ether oxygens (including phenoxy) is 2. The van der Waals surface area contributed by atoms with E-state index in [9.17, 15) is 4.79 Å². The van der Waals surface area contributed by atoms with Crippen molar-refractivity contribution in [1.82, 2.24) is 15.0 Å². The van der Waals surface area contributed by atoms with Crippen molar-refractivity contribution in [2.45, 2.75) is 30.6 Å². The molecule has 1 aromatic heterocycles. The highest BCUT2D eigenvalue weighted by Gasteiger charge is 2.28. The molecule has 1 aromatic carbocycles. The highest BCUT2D eigenvalue weighted by molar-refractivity contribution is 8.00. The number of rotatable bonds is 4. The second-order valence-electron chi connectivity index (χ2n) is 6.45. The summed E-state index contributed by atoms with van der Waals surface area (Å²) in [5, 5.41) is 3.86. The average Bonchev–Trinajstić information content (AvgIpc) is 3.12. The molecule has 1 fully saturated rings. The van der Waals surface area contributed by atoms with Crippen molar-refractivity contribution < 1.29 is 18.8 Å². The van der Waals surface area contributed by atoms with E-state index < -0.39 is 0 Å². The minimum Gasteiger partial charge on any atom is -0.486 e. The van der Waals surface area contributed by atoms with Gasteiger partial charge in [0.2, 0.25) is 11.8 Å². The lowest BCUT2D eigenvalue weighted by molar-refractivity contribution is -0.129. The normalized spacial score (nSPS) is 19.4. The van der Waals surface area contributed by atoms with Crippen molar-refractivity contribution in [3.05, 3.63) is 29.9 Å². The zero-order chi connectivity index (χ0) is 17.9. The van der Waals surface area contributed by atoms with Crippen LogP contribution in [-0.2, 0) is 4.79 Å². The third kappa shape index (κ3) is 3.80. The molecular weight excluding hydrogens is 354 g/mol. The van der Waals surface area contributed by atoms with Gasteiger partial charge in [-0.2, -0.15) is 4.98 Å². The second kappa shape index (κ2) is 7.57. The molecule has 2 aromatic rings. The third-order valence-corrected chi connectivity index (χ3v) is 5.52. The Bertz CT molecular complexity index is 794. The van der Waals surface area contributed by atoms with Crippen LogP contribution in [0, 0.1) is 6.92 Å². The summed E-state index contributed by atoms with van der Waals surface area (Å²) in [4.78, 5) is 19.8. The largest absolute Gasteiger partial charge is 0.486 e. The molecule has 0 radical (unpaired) electrons. The van der Waals surface area contributed by atoms with E-state index in [1.165, 1.54) is 11.8 Å². The van der Waals surface area contributed by atoms with E-state index >= 15 is 0 Å². The average molecular weight is 375 g/mol. The zero-order valence-electron chi connectivity index (χ0n) is 14.6. The number of nitrogens with zero attached hydrogens (tertiary/aromatic N) is 3. The Hall–Kier alpha value is -2.22. The van der Waals surface area contributed by atoms with Crippen LogP contribution in [0.15, 0.2) is 27.6 Å². The monoisotopic (exact) mass is 375 g/mol. The summed E-state index contributed by atoms with van der Waals surface area (Å²) < 4.78 is 16.4. The molecular formula is C18H21N3O4S. The molecule has 2 aliphatic heterocycles. The molecule has 0 aliphatic carbocycles. The highest BCUT2D eigenvalue weighted by atomic mass is 32.2. The quantitative estimate of drug-likeness (QED) is 0.760. The van der Waals surface area contributed by atoms with E-state index in [-0.39, 0.29) is 11.8 Å². The molecule has 2 aliphatic rings. The van der Waals surface area contributed by atoms with Gasteiger partial charge in [-0.25, -0.2) is 0 Å². The van der Waals surface area contributed by atoms with Crippen LogP contribution in [0.3, 0.4) is 0 Å². The third-order valence-electron chi connectivity index (χ3n) is 4.54. The van der Waals surface area contributed by atoms with E-state index in [4.69, 9.17) is 14.0 Å². The Morgan fingerprint density at radius 1 is 1.31 bits per heavy atom. The molecule has 7 nitrogen and oxygen atoms in total. The van der Waals surface area contributed by atoms with Crippen molar-refractivity contribution in [2.24, 2.45) is 0 Å². The topological polar surface area (TPSA) is 77.7 Å². The number of benzene rings is 1. The Morgan fingerprint density at radius 2 is 2.15 bits per heavy atom. The lowest BCUT2D eigenvalue weighted by Crippen LogP contribution is -2.40. The number of fused-ring (bicyclic) bond motifs is 1. The predicted octanol–water partition coefficient (Wildman–Crippen LogP) is 2.65. The number of carbonyl (C=O) groups excluding carboxylic acids is 1. The maximum atomic E-state index is 12.6. The van der Waals surface area contributed by atoms with Crippen molar-refractivity contribution in [3.63, 3.8) is 0 Å². The SMILES string of the molecule is Cc1noc([C@H]2CCCN(C(=O)CSc3ccc4c(c3)OCCO4)C2)n1. The molecule has 0 spiro atoms. The molecule has 8 heteroatoms. The first-order chi connectivity index (χ1) is 12.7. The van der Waals surface area contributed by atoms with Crippen molar-refractivity contribution in [1.29, 1.82) is 0 Å². The van der Waals surface area contributed by atoms with Gasteiger partial charge in [-0.15, -0.1) is 11.8 Å². The molecule has 0 bridgehead atoms. The molecule has 0 saturated carbocycles. The first-order valence-corrected chi connectivity index (χ1v) is 9.78. The van der Waals surface area contributed by atoms with Gasteiger partial charge in [0, 0.05) is 18.0 Å². The lowest BCUT2D eigenvalue weighted by Gasteiger charge is -2.31. The minimum atomic E-state index is 0.130. The molecule has 26 heavy (non-hydrogen) atoms. The van der Waals surface area contributed by atoms with E-state index in [2.05, 4.69) is 10.1 Å². The summed E-state index contributed by atoms with van der Waals surface area (Å²) in [5.74, 6) is 3.45. The number of hydrogen-bond acceptors (Lipinski definition) is 7. The van der Waals surface area contributed by atoms with Gasteiger partial charge in [0.25, 0.3) is 0 Å². The lowest BCUT2D eigenvalue weighted by atomic mass is 9.98. The molecule has 1 saturated heterocycles. The molecule has 4 rings (SSSR count). The standard InChI is InChI=1S/C18H21N3O4S/c1-12-19-18(25-20-12)13-3-2-6-21(10-13)17(22)11-26-14-4-5-15-16(9-14)24-8-7-23-15/h4-5,9,13H,2-3,6-8,10-11H2,1H3/t13-/m0/s1. The molecule has 0 N–H and O–H groups in total. The van der Waals surface area contributed by atoms with Crippen LogP contribution < -0.4 is 9.47 Å². The number of likely N-dealkylation sites (tertiary alicyclic amines) is 1. The molecule has 138 valence electrons.